The molecule has 0 atom stereocenters. The van der Waals surface area contributed by atoms with Crippen LogP contribution in [0.4, 0.5) is 19.0 Å². The molecule has 3 heterocycles. The van der Waals surface area contributed by atoms with E-state index in [0.717, 1.165) is 4.57 Å². The van der Waals surface area contributed by atoms with Crippen molar-refractivity contribution in [3.8, 4) is 11.4 Å². The Morgan fingerprint density at radius 3 is 2.58 bits per heavy atom. The van der Waals surface area contributed by atoms with Gasteiger partial charge in [0.05, 0.1) is 14.6 Å². The smallest absolute Gasteiger partial charge is 0.278 e. The Labute approximate surface area is 213 Å². The maximum absolute atomic E-state index is 15.5. The number of allylic oxidation sites excluding steroid dienone is 2. The number of rotatable bonds is 6. The highest BCUT2D eigenvalue weighted by Gasteiger charge is 2.21. The molecule has 3 aromatic rings. The lowest BCUT2D eigenvalue weighted by atomic mass is 9.92. The second-order valence-corrected chi connectivity index (χ2v) is 9.25. The van der Waals surface area contributed by atoms with E-state index in [1.165, 1.54) is 38.4 Å². The quantitative estimate of drug-likeness (QED) is 0.433. The molecule has 0 unspecified atom stereocenters. The van der Waals surface area contributed by atoms with Crippen molar-refractivity contribution in [3.05, 3.63) is 86.1 Å². The van der Waals surface area contributed by atoms with Crippen LogP contribution in [0.1, 0.15) is 40.5 Å². The van der Waals surface area contributed by atoms with Gasteiger partial charge < -0.3 is 10.5 Å². The molecule has 0 radical (unpaired) electrons. The Morgan fingerprint density at radius 1 is 1.25 bits per heavy atom. The molecule has 3 aromatic heterocycles. The number of halogens is 4. The minimum absolute atomic E-state index is 0.109. The zero-order chi connectivity index (χ0) is 28.6. The Kier molecular flexibility index (Phi) is 7.04. The van der Waals surface area contributed by atoms with Crippen LogP contribution in [0.3, 0.4) is 0 Å². The van der Waals surface area contributed by atoms with Gasteiger partial charge in [0.25, 0.3) is 5.56 Å². The number of hydrogen-bond acceptors (Lipinski definition) is 6. The second-order valence-electron chi connectivity index (χ2n) is 8.87. The van der Waals surface area contributed by atoms with Gasteiger partial charge in [0.2, 0.25) is 0 Å². The van der Waals surface area contributed by atoms with Gasteiger partial charge in [-0.3, -0.25) is 14.3 Å². The maximum Gasteiger partial charge on any atom is 0.278 e. The summed E-state index contributed by atoms with van der Waals surface area (Å²) in [4.78, 5) is 24.6. The lowest BCUT2D eigenvalue weighted by Crippen LogP contribution is -2.24. The molecule has 0 spiro atoms. The number of nitrogens with zero attached hydrogens (tertiary/aromatic N) is 4. The number of aromatic nitrogens is 3. The highest BCUT2D eigenvalue weighted by atomic mass is 35.5. The van der Waals surface area contributed by atoms with E-state index in [4.69, 9.17) is 24.8 Å². The lowest BCUT2D eigenvalue weighted by molar-refractivity contribution is 0.292. The van der Waals surface area contributed by atoms with Crippen molar-refractivity contribution in [1.82, 2.24) is 14.5 Å². The van der Waals surface area contributed by atoms with Crippen LogP contribution in [0.5, 0.6) is 5.75 Å². The molecule has 11 heteroatoms. The van der Waals surface area contributed by atoms with E-state index in [9.17, 15) is 13.6 Å². The van der Waals surface area contributed by atoms with Gasteiger partial charge in [-0.2, -0.15) is 0 Å². The number of nitrogens with two attached hydrogens (primary N) is 1. The fourth-order valence-electron chi connectivity index (χ4n) is 2.98. The summed E-state index contributed by atoms with van der Waals surface area (Å²) in [7, 11) is 0. The van der Waals surface area contributed by atoms with Gasteiger partial charge in [-0.15, -0.1) is 0 Å². The van der Waals surface area contributed by atoms with Gasteiger partial charge in [-0.25, -0.2) is 23.1 Å². The molecular formula is C25H25ClF3N5O2. The number of ether oxygens (including phenoxy) is 1. The van der Waals surface area contributed by atoms with Crippen molar-refractivity contribution in [3.63, 3.8) is 0 Å². The highest BCUT2D eigenvalue weighted by Crippen LogP contribution is 2.29. The molecule has 190 valence electrons. The number of pyridine rings is 3. The van der Waals surface area contributed by atoms with Gasteiger partial charge in [-0.05, 0) is 25.5 Å². The minimum Gasteiger partial charge on any atom is -0.485 e. The fraction of sp³-hybridized carbons (Fsp3) is 0.280. The summed E-state index contributed by atoms with van der Waals surface area (Å²) < 4.78 is 65.1. The Morgan fingerprint density at radius 2 is 1.94 bits per heavy atom. The van der Waals surface area contributed by atoms with Crippen molar-refractivity contribution >= 4 is 23.6 Å². The number of aryl methyl sites for hydroxylation is 2. The molecule has 0 aliphatic heterocycles. The van der Waals surface area contributed by atoms with Gasteiger partial charge in [0, 0.05) is 41.4 Å². The van der Waals surface area contributed by atoms with Crippen LogP contribution in [0.2, 0.25) is 5.02 Å². The molecule has 0 bridgehead atoms. The van der Waals surface area contributed by atoms with Gasteiger partial charge >= 0.3 is 0 Å². The molecule has 0 saturated heterocycles. The van der Waals surface area contributed by atoms with E-state index in [0.29, 0.717) is 18.0 Å². The summed E-state index contributed by atoms with van der Waals surface area (Å²) in [6, 6.07) is 1.62. The molecule has 0 amide bonds. The summed E-state index contributed by atoms with van der Waals surface area (Å²) >= 11 is 6.20. The topological polar surface area (TPSA) is 95.4 Å². The first kappa shape index (κ1) is 24.1. The maximum atomic E-state index is 15.5. The summed E-state index contributed by atoms with van der Waals surface area (Å²) in [5.41, 5.74) is 4.60. The Hall–Kier alpha value is -3.66. The molecule has 0 saturated carbocycles. The van der Waals surface area contributed by atoms with Crippen molar-refractivity contribution in [2.75, 3.05) is 0 Å². The van der Waals surface area contributed by atoms with Crippen molar-refractivity contribution in [1.29, 1.82) is 0 Å². The fourth-order valence-corrected chi connectivity index (χ4v) is 3.16. The molecule has 0 aliphatic rings. The first-order valence-electron chi connectivity index (χ1n) is 11.6. The van der Waals surface area contributed by atoms with E-state index in [1.807, 2.05) is 20.8 Å². The highest BCUT2D eigenvalue weighted by molar-refractivity contribution is 6.31. The van der Waals surface area contributed by atoms with E-state index in [2.05, 4.69) is 15.0 Å². The van der Waals surface area contributed by atoms with E-state index in [-0.39, 0.29) is 28.2 Å². The minimum atomic E-state index is -2.92. The third-order valence-corrected chi connectivity index (χ3v) is 5.41. The predicted octanol–water partition coefficient (Wildman–Crippen LogP) is 5.49. The zero-order valence-corrected chi connectivity index (χ0v) is 20.9. The third-order valence-electron chi connectivity index (χ3n) is 5.06. The number of hydrogen-bond donors (Lipinski definition) is 1. The van der Waals surface area contributed by atoms with Crippen molar-refractivity contribution < 1.29 is 20.6 Å². The first-order chi connectivity index (χ1) is 17.5. The lowest BCUT2D eigenvalue weighted by Gasteiger charge is -2.18. The first-order valence-corrected chi connectivity index (χ1v) is 11.0. The molecule has 0 aliphatic carbocycles. The molecule has 3 rings (SSSR count). The van der Waals surface area contributed by atoms with E-state index >= 15 is 4.39 Å². The Balaban J connectivity index is 2.07. The van der Waals surface area contributed by atoms with Gasteiger partial charge in [0.1, 0.15) is 28.8 Å². The van der Waals surface area contributed by atoms with Crippen LogP contribution in [-0.4, -0.2) is 20.7 Å². The normalized spacial score (nSPS) is 13.6. The van der Waals surface area contributed by atoms with Gasteiger partial charge in [0.15, 0.2) is 17.5 Å². The standard InChI is InChI=1S/C25H25ClF3N5O2/c1-13-10-33-23(31-7-6-19(30)25(3,4)5)21(29)22(13)34-14(2)8-18(20(26)24(34)35)36-12-17-16(28)9-15(27)11-32-17/h6-11H,12,30H2,1-5H3/i12D2. The predicted molar refractivity (Wildman–Crippen MR) is 133 cm³/mol. The average Bonchev–Trinajstić information content (AvgIpc) is 2.79. The molecule has 2 N–H and O–H groups in total. The Bertz CT molecular complexity index is 1520. The third kappa shape index (κ3) is 5.76. The van der Waals surface area contributed by atoms with E-state index < -0.39 is 46.0 Å². The summed E-state index contributed by atoms with van der Waals surface area (Å²) in [5.74, 6) is -3.97. The summed E-state index contributed by atoms with van der Waals surface area (Å²) in [6.45, 7) is 5.75. The number of aliphatic imine (C=N–C) groups is 1. The molecular weight excluding hydrogens is 495 g/mol. The van der Waals surface area contributed by atoms with Crippen molar-refractivity contribution in [2.45, 2.75) is 41.2 Å². The van der Waals surface area contributed by atoms with E-state index in [1.54, 1.807) is 0 Å². The summed E-state index contributed by atoms with van der Waals surface area (Å²) in [5, 5.41) is -0.608. The van der Waals surface area contributed by atoms with Crippen LogP contribution >= 0.6 is 11.6 Å². The van der Waals surface area contributed by atoms with Crippen LogP contribution in [0, 0.1) is 36.7 Å². The average molecular weight is 522 g/mol. The van der Waals surface area contributed by atoms with Crippen LogP contribution in [0.25, 0.3) is 5.69 Å². The summed E-state index contributed by atoms with van der Waals surface area (Å²) in [6.07, 6.45) is 4.77. The van der Waals surface area contributed by atoms with Crippen molar-refractivity contribution in [2.24, 2.45) is 16.1 Å². The monoisotopic (exact) mass is 521 g/mol. The molecule has 0 fully saturated rings. The van der Waals surface area contributed by atoms with Gasteiger partial charge in [-0.1, -0.05) is 32.4 Å². The van der Waals surface area contributed by atoms with Crippen LogP contribution in [0.15, 0.2) is 46.1 Å². The SMILES string of the molecule is [2H]C([2H])(Oc1cc(C)n(-c2c(C)cnc(N=CC=C(N)C(C)(C)C)c2F)c(=O)c1Cl)c1ncc(F)cc1F. The molecule has 7 nitrogen and oxygen atoms in total. The second kappa shape index (κ2) is 10.5. The largest absolute Gasteiger partial charge is 0.485 e. The van der Waals surface area contributed by atoms with Crippen LogP contribution < -0.4 is 16.0 Å². The molecule has 0 aromatic carbocycles. The zero-order valence-electron chi connectivity index (χ0n) is 22.2. The van der Waals surface area contributed by atoms with Crippen LogP contribution in [-0.2, 0) is 6.56 Å². The molecule has 36 heavy (non-hydrogen) atoms.